The first kappa shape index (κ1) is 23.5. The molecule has 1 aromatic heterocycles. The van der Waals surface area contributed by atoms with Crippen LogP contribution in [0.1, 0.15) is 10.4 Å². The van der Waals surface area contributed by atoms with Gasteiger partial charge in [0.05, 0.1) is 35.7 Å². The molecular formula is C24H21N3O5S2. The lowest BCUT2D eigenvalue weighted by Gasteiger charge is -2.14. The summed E-state index contributed by atoms with van der Waals surface area (Å²) >= 11 is 1.15. The number of carbonyl (C=O) groups excluding carboxylic acids is 1. The monoisotopic (exact) mass is 495 g/mol. The van der Waals surface area contributed by atoms with Crippen molar-refractivity contribution >= 4 is 44.2 Å². The van der Waals surface area contributed by atoms with E-state index in [9.17, 15) is 18.0 Å². The van der Waals surface area contributed by atoms with E-state index in [2.05, 4.69) is 9.71 Å². The predicted molar refractivity (Wildman–Crippen MR) is 134 cm³/mol. The van der Waals surface area contributed by atoms with Crippen molar-refractivity contribution in [2.45, 2.75) is 5.16 Å². The predicted octanol–water partition coefficient (Wildman–Crippen LogP) is 3.74. The van der Waals surface area contributed by atoms with Crippen molar-refractivity contribution in [1.82, 2.24) is 9.55 Å². The van der Waals surface area contributed by atoms with Gasteiger partial charge in [-0.2, -0.15) is 0 Å². The molecule has 3 aromatic carbocycles. The van der Waals surface area contributed by atoms with Gasteiger partial charge in [0.25, 0.3) is 5.56 Å². The third-order valence-corrected chi connectivity index (χ3v) is 6.44. The Kier molecular flexibility index (Phi) is 6.71. The highest BCUT2D eigenvalue weighted by molar-refractivity contribution is 7.99. The van der Waals surface area contributed by atoms with Gasteiger partial charge in [-0.3, -0.25) is 18.9 Å². The van der Waals surface area contributed by atoms with Gasteiger partial charge in [-0.1, -0.05) is 30.0 Å². The molecule has 1 heterocycles. The van der Waals surface area contributed by atoms with Gasteiger partial charge >= 0.3 is 0 Å². The van der Waals surface area contributed by atoms with Crippen LogP contribution in [0.3, 0.4) is 0 Å². The molecule has 0 saturated heterocycles. The Morgan fingerprint density at radius 2 is 1.79 bits per heavy atom. The summed E-state index contributed by atoms with van der Waals surface area (Å²) in [7, 11) is -1.86. The number of nitrogens with one attached hydrogen (secondary N) is 1. The number of para-hydroxylation sites is 1. The minimum atomic E-state index is -3.40. The summed E-state index contributed by atoms with van der Waals surface area (Å²) < 4.78 is 31.9. The van der Waals surface area contributed by atoms with Crippen molar-refractivity contribution in [2.75, 3.05) is 23.8 Å². The van der Waals surface area contributed by atoms with Gasteiger partial charge in [-0.25, -0.2) is 13.4 Å². The Labute approximate surface area is 200 Å². The second-order valence-corrected chi connectivity index (χ2v) is 10.1. The molecule has 10 heteroatoms. The largest absolute Gasteiger partial charge is 0.497 e. The molecule has 4 rings (SSSR count). The van der Waals surface area contributed by atoms with Crippen LogP contribution in [0.4, 0.5) is 5.69 Å². The van der Waals surface area contributed by atoms with E-state index in [-0.39, 0.29) is 17.1 Å². The molecule has 0 amide bonds. The zero-order valence-electron chi connectivity index (χ0n) is 18.4. The molecule has 8 nitrogen and oxygen atoms in total. The number of Topliss-reactive ketones (excluding diaryl/α,β-unsaturated/α-hetero) is 1. The van der Waals surface area contributed by atoms with Gasteiger partial charge in [-0.15, -0.1) is 0 Å². The summed E-state index contributed by atoms with van der Waals surface area (Å²) in [4.78, 5) is 30.8. The van der Waals surface area contributed by atoms with Crippen LogP contribution in [-0.2, 0) is 10.0 Å². The second-order valence-electron chi connectivity index (χ2n) is 7.42. The maximum absolute atomic E-state index is 13.3. The number of nitrogens with zero attached hydrogens (tertiary/aromatic N) is 2. The molecule has 0 bridgehead atoms. The molecule has 34 heavy (non-hydrogen) atoms. The number of hydrogen-bond acceptors (Lipinski definition) is 7. The van der Waals surface area contributed by atoms with Gasteiger partial charge in [0.1, 0.15) is 5.75 Å². The number of fused-ring (bicyclic) bond motifs is 1. The van der Waals surface area contributed by atoms with Crippen molar-refractivity contribution in [3.8, 4) is 11.4 Å². The van der Waals surface area contributed by atoms with Gasteiger partial charge in [-0.05, 0) is 48.5 Å². The standard InChI is InChI=1S/C24H21N3O5S2/c1-32-19-7-5-6-18(14-19)27-23(29)20-8-3-4-9-21(20)25-24(27)33-15-22(28)16-10-12-17(13-11-16)26-34(2,30)31/h3-14,26H,15H2,1-2H3. The second kappa shape index (κ2) is 9.70. The highest BCUT2D eigenvalue weighted by atomic mass is 32.2. The van der Waals surface area contributed by atoms with Crippen LogP contribution in [0.15, 0.2) is 82.7 Å². The van der Waals surface area contributed by atoms with Crippen molar-refractivity contribution in [3.63, 3.8) is 0 Å². The minimum Gasteiger partial charge on any atom is -0.497 e. The van der Waals surface area contributed by atoms with E-state index in [0.29, 0.717) is 38.7 Å². The SMILES string of the molecule is COc1cccc(-n2c(SCC(=O)c3ccc(NS(C)(=O)=O)cc3)nc3ccccc3c2=O)c1. The fourth-order valence-electron chi connectivity index (χ4n) is 3.34. The number of thioether (sulfide) groups is 1. The lowest BCUT2D eigenvalue weighted by atomic mass is 10.1. The molecule has 0 atom stereocenters. The van der Waals surface area contributed by atoms with Crippen molar-refractivity contribution in [3.05, 3.63) is 88.7 Å². The third-order valence-electron chi connectivity index (χ3n) is 4.90. The summed E-state index contributed by atoms with van der Waals surface area (Å²) in [5.41, 5.74) is 1.66. The summed E-state index contributed by atoms with van der Waals surface area (Å²) in [6.07, 6.45) is 1.06. The van der Waals surface area contributed by atoms with E-state index in [0.717, 1.165) is 18.0 Å². The first-order valence-electron chi connectivity index (χ1n) is 10.2. The molecular weight excluding hydrogens is 474 g/mol. The third kappa shape index (κ3) is 5.29. The van der Waals surface area contributed by atoms with Crippen LogP contribution >= 0.6 is 11.8 Å². The summed E-state index contributed by atoms with van der Waals surface area (Å²) in [6.45, 7) is 0. The Bertz CT molecular complexity index is 1530. The fraction of sp³-hybridized carbons (Fsp3) is 0.125. The zero-order chi connectivity index (χ0) is 24.3. The first-order chi connectivity index (χ1) is 16.2. The summed E-state index contributed by atoms with van der Waals surface area (Å²) in [5, 5.41) is 0.843. The van der Waals surface area contributed by atoms with Crippen molar-refractivity contribution in [2.24, 2.45) is 0 Å². The number of sulfonamides is 1. The molecule has 0 unspecified atom stereocenters. The van der Waals surface area contributed by atoms with Crippen LogP contribution in [0, 0.1) is 0 Å². The highest BCUT2D eigenvalue weighted by Gasteiger charge is 2.16. The molecule has 4 aromatic rings. The van der Waals surface area contributed by atoms with E-state index in [1.165, 1.54) is 16.7 Å². The van der Waals surface area contributed by atoms with Gasteiger partial charge in [0, 0.05) is 17.3 Å². The van der Waals surface area contributed by atoms with E-state index in [4.69, 9.17) is 4.74 Å². The Hall–Kier alpha value is -3.63. The molecule has 0 aliphatic rings. The zero-order valence-corrected chi connectivity index (χ0v) is 20.0. The van der Waals surface area contributed by atoms with Crippen LogP contribution in [0.25, 0.3) is 16.6 Å². The van der Waals surface area contributed by atoms with Gasteiger partial charge in [0.15, 0.2) is 10.9 Å². The number of ketones is 1. The normalized spacial score (nSPS) is 11.4. The molecule has 0 aliphatic carbocycles. The Morgan fingerprint density at radius 1 is 1.06 bits per heavy atom. The first-order valence-corrected chi connectivity index (χ1v) is 13.0. The molecule has 0 fully saturated rings. The van der Waals surface area contributed by atoms with E-state index in [1.807, 2.05) is 0 Å². The number of hydrogen-bond donors (Lipinski definition) is 1. The average molecular weight is 496 g/mol. The topological polar surface area (TPSA) is 107 Å². The number of anilines is 1. The van der Waals surface area contributed by atoms with E-state index < -0.39 is 10.0 Å². The van der Waals surface area contributed by atoms with Crippen LogP contribution in [0.2, 0.25) is 0 Å². The number of rotatable bonds is 8. The lowest BCUT2D eigenvalue weighted by Crippen LogP contribution is -2.22. The summed E-state index contributed by atoms with van der Waals surface area (Å²) in [5.74, 6) is 0.441. The molecule has 0 radical (unpaired) electrons. The minimum absolute atomic E-state index is 0.0353. The average Bonchev–Trinajstić information content (AvgIpc) is 2.82. The number of benzene rings is 3. The van der Waals surface area contributed by atoms with E-state index in [1.54, 1.807) is 67.8 Å². The number of ether oxygens (including phenoxy) is 1. The molecule has 0 saturated carbocycles. The molecule has 1 N–H and O–H groups in total. The van der Waals surface area contributed by atoms with Crippen molar-refractivity contribution < 1.29 is 17.9 Å². The maximum Gasteiger partial charge on any atom is 0.266 e. The molecule has 0 aliphatic heterocycles. The molecule has 174 valence electrons. The lowest BCUT2D eigenvalue weighted by molar-refractivity contribution is 0.102. The Balaban J connectivity index is 1.66. The van der Waals surface area contributed by atoms with Gasteiger partial charge < -0.3 is 4.74 Å². The number of aromatic nitrogens is 2. The number of methoxy groups -OCH3 is 1. The van der Waals surface area contributed by atoms with Crippen LogP contribution in [-0.4, -0.2) is 42.9 Å². The maximum atomic E-state index is 13.3. The van der Waals surface area contributed by atoms with Gasteiger partial charge in [0.2, 0.25) is 10.0 Å². The highest BCUT2D eigenvalue weighted by Crippen LogP contribution is 2.24. The number of carbonyl (C=O) groups is 1. The van der Waals surface area contributed by atoms with Crippen molar-refractivity contribution in [1.29, 1.82) is 0 Å². The fourth-order valence-corrected chi connectivity index (χ4v) is 4.81. The quantitative estimate of drug-likeness (QED) is 0.225. The van der Waals surface area contributed by atoms with E-state index >= 15 is 0 Å². The summed E-state index contributed by atoms with van der Waals surface area (Å²) in [6, 6.07) is 20.3. The molecule has 0 spiro atoms. The smallest absolute Gasteiger partial charge is 0.266 e. The Morgan fingerprint density at radius 3 is 2.50 bits per heavy atom. The van der Waals surface area contributed by atoms with Crippen LogP contribution in [0.5, 0.6) is 5.75 Å². The van der Waals surface area contributed by atoms with Crippen LogP contribution < -0.4 is 15.0 Å².